The fourth-order valence-corrected chi connectivity index (χ4v) is 13.4. The van der Waals surface area contributed by atoms with Gasteiger partial charge >= 0.3 is 5.97 Å². The van der Waals surface area contributed by atoms with Crippen LogP contribution in [0.2, 0.25) is 0 Å². The maximum absolute atomic E-state index is 15.6. The quantitative estimate of drug-likeness (QED) is 0.112. The second-order valence-electron chi connectivity index (χ2n) is 24.7. The number of hydrogen-bond acceptors (Lipinski definition) is 12. The van der Waals surface area contributed by atoms with Crippen LogP contribution in [0.15, 0.2) is 35.5 Å². The number of methoxy groups -OCH3 is 4. The number of Topliss-reactive ketones (excluding diaryl/α,β-unsaturated/α-hetero) is 2. The van der Waals surface area contributed by atoms with Gasteiger partial charge in [-0.3, -0.25) is 14.4 Å². The molecule has 5 unspecified atom stereocenters. The topological polar surface area (TPSA) is 156 Å². The van der Waals surface area contributed by atoms with Crippen molar-refractivity contribution in [1.82, 2.24) is 4.90 Å². The van der Waals surface area contributed by atoms with Crippen molar-refractivity contribution in [3.63, 3.8) is 0 Å². The molecule has 1086 valence electrons. The van der Waals surface area contributed by atoms with E-state index in [9.17, 15) is 9.90 Å². The van der Waals surface area contributed by atoms with E-state index in [0.29, 0.717) is 32.1 Å². The van der Waals surface area contributed by atoms with E-state index in [1.54, 1.807) is 41.3 Å². The van der Waals surface area contributed by atoms with Crippen molar-refractivity contribution in [2.75, 3.05) is 28.4 Å². The maximum Gasteiger partial charge on any atom is 0.329 e. The van der Waals surface area contributed by atoms with Crippen molar-refractivity contribution >= 4 is 23.4 Å². The fraction of sp³-hybridized carbons (Fsp3) is 0.836. The molecule has 1 saturated carbocycles. The number of ether oxygens (including phenoxy) is 7. The van der Waals surface area contributed by atoms with Crippen molar-refractivity contribution in [3.05, 3.63) is 35.5 Å². The predicted molar refractivity (Wildman–Crippen MR) is 991 cm³/mol. The van der Waals surface area contributed by atoms with E-state index in [1.165, 1.54) is 12.0 Å². The largest absolute Gasteiger partial charge is 0.456 e. The molecule has 19 atom stereocenters. The molecule has 1 amide bonds. The molecule has 13 nitrogen and oxygen atoms in total. The van der Waals surface area contributed by atoms with E-state index in [0.717, 1.165) is 16.7 Å². The number of fused-ring (bicyclic) bond motifs is 3. The van der Waals surface area contributed by atoms with E-state index >= 15 is 14.4 Å². The van der Waals surface area contributed by atoms with Crippen LogP contribution >= 0.6 is 0 Å². The molecule has 2 bridgehead atoms. The third-order valence-electron chi connectivity index (χ3n) is 20.4. The van der Waals surface area contributed by atoms with Gasteiger partial charge < -0.3 is 43.2 Å². The first-order valence-electron chi connectivity index (χ1n) is 38.5. The van der Waals surface area contributed by atoms with Gasteiger partial charge in [0, 0.05) is 546 Å². The van der Waals surface area contributed by atoms with Crippen molar-refractivity contribution in [2.45, 2.75) is 235 Å². The molecule has 0 spiro atoms. The second-order valence-corrected chi connectivity index (χ2v) is 24.7. The van der Waals surface area contributed by atoms with Crippen molar-refractivity contribution in [2.24, 2.45) is 64.6 Å². The molecule has 4 aliphatic rings. The van der Waals surface area contributed by atoms with Gasteiger partial charge in [-0.15, -0.1) is 6.58 Å². The summed E-state index contributed by atoms with van der Waals surface area (Å²) < 4.78 is 154. The number of ketones is 2. The van der Waals surface area contributed by atoms with Crippen LogP contribution in [0.25, 0.3) is 0 Å². The molecule has 1 aliphatic carbocycles. The Morgan fingerprint density at radius 2 is 1.55 bits per heavy atom. The number of carbonyl (C=O) groups excluding carboxylic acids is 4. The third kappa shape index (κ3) is 12.1. The van der Waals surface area contributed by atoms with Gasteiger partial charge in [-0.2, -0.15) is 0 Å². The normalized spacial score (nSPS) is 43.2. The van der Waals surface area contributed by atoms with Crippen LogP contribution < -0.4 is 0 Å². The van der Waals surface area contributed by atoms with Gasteiger partial charge in [0.1, 0.15) is 24.0 Å². The van der Waals surface area contributed by atoms with E-state index in [4.69, 9.17) is 64.2 Å². The van der Waals surface area contributed by atoms with Gasteiger partial charge in [0.15, 0.2) is 0 Å². The molecule has 3 heterocycles. The summed E-state index contributed by atoms with van der Waals surface area (Å²) >= 11 is 0. The van der Waals surface area contributed by atoms with E-state index < -0.39 is 107 Å². The zero-order valence-corrected chi connectivity index (χ0v) is 50.0. The minimum absolute atomic E-state index is 0. The number of piperidine rings is 1. The summed E-state index contributed by atoms with van der Waals surface area (Å²) in [6.07, 6.45) is 0.706. The lowest BCUT2D eigenvalue weighted by atomic mass is 9.62. The highest BCUT2D eigenvalue weighted by atomic mass is 16.7. The first-order chi connectivity index (χ1) is 44.7. The van der Waals surface area contributed by atoms with E-state index in [1.807, 2.05) is 76.2 Å². The minimum atomic E-state index is -2.06. The first-order valence-corrected chi connectivity index (χ1v) is 28.0. The Morgan fingerprint density at radius 3 is 2.07 bits per heavy atom. The number of cyclic esters (lactones) is 1. The number of rotatable bonds is 12. The summed E-state index contributed by atoms with van der Waals surface area (Å²) in [6.45, 7) is 39.8. The zero-order chi connectivity index (χ0) is 77.2. The summed E-state index contributed by atoms with van der Waals surface area (Å²) in [5, 5.41) is 12.5. The average Bonchev–Trinajstić information content (AvgIpc) is 0.820. The number of aliphatic hydroxyl groups is 1. The monoisotopic (exact) mass is 1730 g/mol. The van der Waals surface area contributed by atoms with Crippen LogP contribution in [0.4, 0.5) is 0 Å². The molecule has 0 aromatic carbocycles. The lowest BCUT2D eigenvalue weighted by molar-refractivity contribution is -0.317. The summed E-state index contributed by atoms with van der Waals surface area (Å²) in [6, 6.07) is -1.85. The van der Waals surface area contributed by atoms with E-state index in [2.05, 4.69) is 47.3 Å². The molecule has 13 heteroatoms. The average molecular weight is 1730 g/mol. The van der Waals surface area contributed by atoms with Crippen LogP contribution in [-0.4, -0.2) is 128 Å². The molecule has 3 aliphatic heterocycles. The van der Waals surface area contributed by atoms with Gasteiger partial charge in [-0.05, 0) is 139 Å². The highest BCUT2D eigenvalue weighted by molar-refractivity contribution is 6.39. The van der Waals surface area contributed by atoms with Crippen LogP contribution in [0.5, 0.6) is 0 Å². The van der Waals surface area contributed by atoms with Crippen molar-refractivity contribution in [1.29, 1.82) is 0 Å². The molecular formula is C61H765NO12. The Morgan fingerprint density at radius 1 is 0.932 bits per heavy atom. The molecule has 3 fully saturated rings. The first kappa shape index (κ1) is 48.4. The van der Waals surface area contributed by atoms with Crippen LogP contribution in [0.1, 0.15) is 659 Å². The molecule has 74 heavy (non-hydrogen) atoms. The summed E-state index contributed by atoms with van der Waals surface area (Å²) in [7, 11) is 6.30. The predicted octanol–water partition coefficient (Wildman–Crippen LogP) is 92.4. The number of carbonyl (C=O) groups is 4. The lowest BCUT2D eigenvalue weighted by Crippen LogP contribution is -2.68. The number of esters is 1. The Balaban J connectivity index is -0.000000000683. The third-order valence-corrected chi connectivity index (χ3v) is 20.4. The van der Waals surface area contributed by atoms with Crippen molar-refractivity contribution in [3.8, 4) is 0 Å². The van der Waals surface area contributed by atoms with Gasteiger partial charge in [0.05, 0.1) is 37.0 Å². The smallest absolute Gasteiger partial charge is 0.329 e. The summed E-state index contributed by atoms with van der Waals surface area (Å²) in [5.41, 5.74) is 0.466. The molecule has 1 N–H and O–H groups in total. The Bertz CT molecular complexity index is 2350. The van der Waals surface area contributed by atoms with Crippen LogP contribution in [0, 0.1) is 64.6 Å². The maximum atomic E-state index is 15.6. The Labute approximate surface area is 956 Å². The number of amides is 1. The summed E-state index contributed by atoms with van der Waals surface area (Å²) in [4.78, 5) is 63.0. The molecule has 0 aromatic heterocycles. The standard InChI is InChI=1S/C61H103NO12.331H2/c1-24-26-46-39(11)37(9)36(8)38(10)40(12)53(69-21)54-51(68-20)31-45(25-2)61(71-23,74-54)55(65)56(66)62-43(15)58(16,17)35(7)29-48(62)57(67)72-52(41(13)49(63)32-50(46)64)47(33(3)4)30-44-27-28-59(18,70-22)60(19,42(44)14)73-34(5)6;;;;;;;;;;;;;;;;;;;;;;;;;;;;;;;;;;;;;;;;;;;;;;;;;;;;;;;;;;;;;;;;;;;;;;;;;;;;;;;;;;;;;;;;;;;;;;;;;;;;;;;;;;;;;;;;;;;;;;;;;;;;;;;;;;;;;;;;;;;;;;;;;;;;;;;;;;;;;;;;;;;;;;;;;;;;;;;;;;;;;;;;;;;;;;;;;;;;;;;;;;;;;;;;;;;;;;;;;;;;;;;;;;;;;;;;;;;;;;;;;;;;;;;;;;;;;;;;;;;;;;;;;;;;;;;;;;;;;;;;;;;;;;;;;;;;;;;;;;;;;;;;;;;;;;;;;;;;;;;;;;;;;;;;;;;/h24,30,33-36,38,40-46,48-49,51-54,63H,1,25-29,31-32H2,2-23H3;331*1H/b39-37?,47-30+;;;;;;;;;;;;;;;;;;;;;;;;;;;;;;;;;;;;;;;;;;;;;;;;;;;;;;;;;;;;;;;;;;;;;;;;;;;;;;;;;;;;;;;;;;;;;;;;;;;;;;;;;;;;;;;;;;;;;;;;;;;;;;;;;;;;;;;;;;;;;;;;;;;;;;;;;;;;;;;;;;;;;;;;;;;;;;;;;;;;;;;;;;;;;;;;;;;;;;;;;;;;;;;;;;;;;;;;;;;;;;;;;;;;;;;;;;;;;;;;;;;;;;;;;;;;;;;;;;;;;;;;;;;;;;;;;;;;;;;;;;;;;;;;;;;;;;;;;;;;;;;;;;;;;;;;;;;;;;;;;;;;;;;;;;;/t35?,36?,38-,40?,41+,42?,43?,44-,45+,46+,48-,49-,51-,52-,53-,54-,59+,60+,61+;;;;;;;;;;;;;;;;;;;;;;;;;;;;;;;;;;;;;;;;;;;;;;;;;;;;;;;;;;;;;;;;;;;;;;;;;;;;;;;;;;;;;;;;;;;;;;;;;;;;;;;;;;;;;;;;;;;;;;;;;;;;;;;;;;;;;;;;;;;;;;;;;;;;;;;;;;;;;;;;;;;;;;;;;;;;;;;;;;;;;;;;;;;;;;;;;;;;;;;;;;;;;;;;;;;;;;;;;;;;;;;;;;;;;;;;;;;;;;;;;;;;;;;;;;;;;;;;;;;;;;;;;;;;;;;;;;;;;;;;;;;;;;;;;;;;;;;;;;;;;;;;;;;;;;;;;;;;;;;;;;;;;;;;;;;/m0.........................................................................................................................................................................................................................................................................................................................................../s1/i34D;10*1+1D;;;;;;;;;;;;;;;;;;;;;;;;;;;;;;;;;;;;;;;;;;;;;;;;;;;;;;;;;;;;;;;;;;;;;;;;;;;;;;;;;;;;;;;;;;;;;;;;;;;;;;;;;;;;;;;;;;;;;;;;;;;;;;;;;;;;;;;;;;;;;;;;;;;;;;;;;;;;;;;;;;;;;;;;;;;;;;;;;;;;;;;;;;;;;;;;;;;;;;;;;;;;;;;;;;;;;;;;;;;;;;;;;;;;;;;;;;;;;;;;;;;;;;;;;;;;;;;;;;;;;;;;;;;;;;;;;;;;;;;;;;;;;;;;;;;;;;;;;;;;;;;;;;;;;;;;;;;;;;;;;. The number of aliphatic hydroxyl groups excluding tert-OH is 1. The minimum Gasteiger partial charge on any atom is -0.456 e. The molecular weight excluding hydrogens is 939 g/mol. The highest BCUT2D eigenvalue weighted by Crippen LogP contribution is 2.51. The number of nitrogens with zero attached hydrogens (tertiary/aromatic N) is 1. The molecule has 2 saturated heterocycles. The van der Waals surface area contributed by atoms with Gasteiger partial charge in [-0.1, -0.05) is 99.5 Å². The fourth-order valence-electron chi connectivity index (χ4n) is 13.4. The van der Waals surface area contributed by atoms with Crippen LogP contribution in [0.3, 0.4) is 0 Å². The molecule has 0 aromatic rings. The SMILES string of the molecule is [2H]C(C)(C)O[C@]1(C)C(C)[C@H](/C=C(\C(C)C)[C@H]2OC(=O)[C@@H]3CC(C)C(C)(C)C(C)N3C(=O)C(=O)[C@]3(OC)O[C@@H]([C@@H](OC)C[C@H]3CC)[C@@H](OC)C(C)[C@@H](C)C(C)C(C)=C(C)[C@@H](CC=C)C(=O)C[C@H](O)[C@H]2C)CC[C@@]1(C)OC.[2H][2H].[2H][2H].[2H][2H].[2H][2H].[2H][2H].[2H][2H].[2H][2H].[2H][2H].[2H][2H].[2H][2H].[HH].[HH].[HH].[HH].[HH].[HH].[HH].[HH].[HH].[HH].[HH].[HH].[HH].[HH].[HH].[HH].[HH].[HH].[HH].[HH].[HH].[HH].[HH].[HH].[HH].[HH].[HH].[HH].[HH].[HH].[HH].[HH].[HH].[HH].[HH].[HH].[HH].[HH].[HH].[HH].[HH].[HH].[HH].[HH].[HH].[HH].[HH].[HH].[HH].[HH].[HH].[HH].[HH].[HH].[HH].[HH].[HH].[HH].[HH].[HH].[HH].[HH].[HH].[HH].[HH].[HH].[HH].[HH].[HH].[HH].[HH].[HH].[HH].[HH].[HH].[HH].[HH].[HH].[HH].[HH].[HH].[HH].[HH].[HH].[HH].[HH].[HH].[HH].[HH].[HH].[HH].[HH].[HH].[HH].[HH].[HH].[HH].[HH].[HH].[HH].[HH].[HH].[HH].[HH].[HH].[HH].[HH].[HH].[HH].[HH].[HH].[HH].[HH].[HH].[HH].[HH].[HH].[HH].[HH].[HH].[HH].[HH].[HH].[HH].[HH].[HH].[HH].[HH].[HH].[HH].[HH].[HH].[HH].[HH].[HH].[HH].[HH].[HH].[HH].[HH].[HH].[HH].[HH].[HH].[HH].[HH].[HH].[HH].[HH].[HH].[HH].[HH].[HH].[HH].[HH].[HH].[HH].[HH].[HH].[HH].[HH].[HH].[HH].[HH].[HH].[HH].[HH].[HH].[HH].[HH].[HH].[HH].[HH].[HH].[HH].[HH].[HH].[HH].[HH].[HH].[HH].[HH].[HH].[HH].[HH].[HH].[HH].[HH].[HH].[HH].[HH].[HH].[HH].[HH].[HH].[HH].[HH].[HH].[HH].[HH].[HH].[HH].[HH].[HH].[HH].[HH].[HH].[HH].[HH].[HH].[HH].[HH].[HH].[HH].[HH].[HH].[HH].[HH].[HH].[HH].[HH].[HH].[HH].[HH].[HH].[HH].[HH].[HH].[HH].[HH].[HH].[HH].[HH].[HH].[HH].[HH].[HH].[HH].[HH].[HH].[HH].[HH].[HH].[HH].[HH].[HH].[HH].[HH].[HH].[HH].[HH].[HH].[HH].[HH].[HH].[HH].[HH].[HH].[HH].[HH].[HH].[HH].[HH].[HH].[HH].[HH].[HH].[HH].[HH].[HH].[HH].[HH].[HH].[HH].[HH].[HH].[HH].[HH].[HH].[HH].[HH].[HH].[HH].[HH].[HH].[HH].[HH].[HH].[HH].[HH].[HH].[HH].[HH].[HH].[HH].[HH].[HH].[HH].[HH].[HH].[HH].[HH].[HH].[HH].[HH].[HH].[HH].[HH].[HH].[HH].[HH].[HH].[HH].[HH].[HH].[HH].[HH].[HH].[HH].[HH].[HH]. The highest BCUT2D eigenvalue weighted by Gasteiger charge is 2.62. The van der Waals surface area contributed by atoms with Crippen molar-refractivity contribution < 1.29 is 546 Å². The van der Waals surface area contributed by atoms with Crippen LogP contribution in [-0.2, 0) is 52.3 Å². The van der Waals surface area contributed by atoms with Gasteiger partial charge in [0.2, 0.25) is 5.79 Å². The lowest BCUT2D eigenvalue weighted by Gasteiger charge is -2.55. The number of hydrogen-bond donors (Lipinski definition) is 1. The summed E-state index contributed by atoms with van der Waals surface area (Å²) in [5.74, 6) is -7.75. The molecule has 0 radical (unpaired) electrons. The van der Waals surface area contributed by atoms with Gasteiger partial charge in [0.25, 0.3) is 11.7 Å². The molecule has 4 rings (SSSR count). The Kier molecular flexibility index (Phi) is 16.6. The zero-order valence-electron chi connectivity index (χ0n) is 71.0. The number of allylic oxidation sites excluding steroid dienone is 4. The Hall–Kier alpha value is -2.78. The van der Waals surface area contributed by atoms with Gasteiger partial charge in [-0.25, -0.2) is 4.79 Å². The van der Waals surface area contributed by atoms with E-state index in [-0.39, 0.29) is 518 Å². The second kappa shape index (κ2) is 25.3.